The minimum Gasteiger partial charge on any atom is -0.393 e. The van der Waals surface area contributed by atoms with Crippen LogP contribution in [0.2, 0.25) is 0 Å². The van der Waals surface area contributed by atoms with Crippen molar-refractivity contribution in [1.29, 1.82) is 0 Å². The molecule has 4 heteroatoms. The van der Waals surface area contributed by atoms with E-state index in [2.05, 4.69) is 20.1 Å². The van der Waals surface area contributed by atoms with E-state index in [0.717, 1.165) is 29.6 Å². The molecule has 0 bridgehead atoms. The Bertz CT molecular complexity index is 818. The second-order valence-corrected chi connectivity index (χ2v) is 9.28. The number of aliphatic hydroxyl groups excluding tert-OH is 2. The van der Waals surface area contributed by atoms with Crippen LogP contribution in [0.5, 0.6) is 0 Å². The SMILES string of the molecule is C=C1C(=C)[C@H]2[C@@H]3CCC4=CC(=O)C=C[C@]4(C)[C@H]3C(O)C[C@]2(C)[C@H]1C(=O)CO. The first kappa shape index (κ1) is 18.6. The largest absolute Gasteiger partial charge is 0.393 e. The number of aliphatic hydroxyl groups is 2. The van der Waals surface area contributed by atoms with Crippen molar-refractivity contribution >= 4 is 11.6 Å². The molecule has 2 N–H and O–H groups in total. The van der Waals surface area contributed by atoms with Gasteiger partial charge in [0.05, 0.1) is 12.0 Å². The molecule has 0 aliphatic heterocycles. The van der Waals surface area contributed by atoms with Gasteiger partial charge in [0.15, 0.2) is 11.6 Å². The van der Waals surface area contributed by atoms with Gasteiger partial charge in [-0.15, -0.1) is 0 Å². The Morgan fingerprint density at radius 1 is 1.30 bits per heavy atom. The maximum atomic E-state index is 12.5. The van der Waals surface area contributed by atoms with Crippen LogP contribution in [0, 0.1) is 34.5 Å². The molecule has 7 atom stereocenters. The van der Waals surface area contributed by atoms with Gasteiger partial charge in [-0.1, -0.05) is 38.7 Å². The van der Waals surface area contributed by atoms with E-state index in [1.54, 1.807) is 12.2 Å². The normalized spacial score (nSPS) is 45.9. The highest BCUT2D eigenvalue weighted by Crippen LogP contribution is 2.68. The molecule has 0 aromatic rings. The van der Waals surface area contributed by atoms with Gasteiger partial charge in [-0.3, -0.25) is 9.59 Å². The topological polar surface area (TPSA) is 74.6 Å². The van der Waals surface area contributed by atoms with Crippen molar-refractivity contribution in [3.63, 3.8) is 0 Å². The van der Waals surface area contributed by atoms with Crippen molar-refractivity contribution < 1.29 is 19.8 Å². The van der Waals surface area contributed by atoms with Crippen molar-refractivity contribution in [3.8, 4) is 0 Å². The predicted octanol–water partition coefficient (Wildman–Crippen LogP) is 2.77. The first-order valence-electron chi connectivity index (χ1n) is 9.79. The van der Waals surface area contributed by atoms with E-state index in [1.165, 1.54) is 0 Å². The number of carbonyl (C=O) groups excluding carboxylic acids is 2. The summed E-state index contributed by atoms with van der Waals surface area (Å²) in [6.07, 6.45) is 6.87. The van der Waals surface area contributed by atoms with Crippen LogP contribution in [0.25, 0.3) is 0 Å². The lowest BCUT2D eigenvalue weighted by atomic mass is 9.46. The molecule has 144 valence electrons. The lowest BCUT2D eigenvalue weighted by Crippen LogP contribution is -2.56. The van der Waals surface area contributed by atoms with E-state index in [-0.39, 0.29) is 34.7 Å². The van der Waals surface area contributed by atoms with E-state index in [0.29, 0.717) is 6.42 Å². The number of rotatable bonds is 2. The predicted molar refractivity (Wildman–Crippen MR) is 103 cm³/mol. The van der Waals surface area contributed by atoms with Crippen LogP contribution in [0.3, 0.4) is 0 Å². The van der Waals surface area contributed by atoms with E-state index >= 15 is 0 Å². The first-order valence-corrected chi connectivity index (χ1v) is 9.79. The molecule has 3 saturated carbocycles. The summed E-state index contributed by atoms with van der Waals surface area (Å²) in [5, 5.41) is 20.7. The van der Waals surface area contributed by atoms with Crippen molar-refractivity contribution in [3.05, 3.63) is 48.1 Å². The lowest BCUT2D eigenvalue weighted by molar-refractivity contribution is -0.138. The summed E-state index contributed by atoms with van der Waals surface area (Å²) in [7, 11) is 0. The fourth-order valence-electron chi connectivity index (χ4n) is 6.99. The summed E-state index contributed by atoms with van der Waals surface area (Å²) >= 11 is 0. The van der Waals surface area contributed by atoms with Crippen molar-refractivity contribution in [2.45, 2.75) is 39.2 Å². The molecular formula is C23H28O4. The summed E-state index contributed by atoms with van der Waals surface area (Å²) in [4.78, 5) is 24.4. The van der Waals surface area contributed by atoms with E-state index in [9.17, 15) is 19.8 Å². The minimum absolute atomic E-state index is 0.0170. The highest BCUT2D eigenvalue weighted by molar-refractivity contribution is 6.01. The third-order valence-electron chi connectivity index (χ3n) is 7.98. The fourth-order valence-corrected chi connectivity index (χ4v) is 6.99. The fraction of sp³-hybridized carbons (Fsp3) is 0.565. The molecule has 4 rings (SSSR count). The van der Waals surface area contributed by atoms with Gasteiger partial charge in [0.1, 0.15) is 6.61 Å². The average molecular weight is 368 g/mol. The van der Waals surface area contributed by atoms with Crippen molar-refractivity contribution in [1.82, 2.24) is 0 Å². The summed E-state index contributed by atoms with van der Waals surface area (Å²) in [6.45, 7) is 12.1. The number of allylic oxidation sites excluding steroid dienone is 6. The zero-order valence-corrected chi connectivity index (χ0v) is 16.1. The molecular weight excluding hydrogens is 340 g/mol. The summed E-state index contributed by atoms with van der Waals surface area (Å²) < 4.78 is 0. The van der Waals surface area contributed by atoms with Gasteiger partial charge in [0.25, 0.3) is 0 Å². The first-order chi connectivity index (χ1) is 12.6. The van der Waals surface area contributed by atoms with Crippen LogP contribution in [-0.2, 0) is 9.59 Å². The van der Waals surface area contributed by atoms with E-state index < -0.39 is 24.0 Å². The third kappa shape index (κ3) is 2.29. The Kier molecular flexibility index (Phi) is 4.03. The Morgan fingerprint density at radius 3 is 2.67 bits per heavy atom. The maximum Gasteiger partial charge on any atom is 0.178 e. The summed E-state index contributed by atoms with van der Waals surface area (Å²) in [6, 6.07) is 0. The van der Waals surface area contributed by atoms with Crippen molar-refractivity contribution in [2.24, 2.45) is 34.5 Å². The molecule has 3 fully saturated rings. The van der Waals surface area contributed by atoms with Crippen molar-refractivity contribution in [2.75, 3.05) is 6.61 Å². The zero-order valence-electron chi connectivity index (χ0n) is 16.1. The number of hydrogen-bond acceptors (Lipinski definition) is 4. The van der Waals surface area contributed by atoms with Crippen LogP contribution in [-0.4, -0.2) is 34.5 Å². The average Bonchev–Trinajstić information content (AvgIpc) is 2.80. The molecule has 0 aromatic carbocycles. The second kappa shape index (κ2) is 5.86. The Balaban J connectivity index is 1.80. The summed E-state index contributed by atoms with van der Waals surface area (Å²) in [5.41, 5.74) is 1.90. The summed E-state index contributed by atoms with van der Waals surface area (Å²) in [5.74, 6) is -0.495. The Hall–Kier alpha value is -1.78. The molecule has 0 spiro atoms. The van der Waals surface area contributed by atoms with Crippen LogP contribution in [0.15, 0.2) is 48.1 Å². The highest BCUT2D eigenvalue weighted by atomic mass is 16.3. The van der Waals surface area contributed by atoms with Gasteiger partial charge in [0, 0.05) is 11.3 Å². The molecule has 0 aromatic heterocycles. The van der Waals surface area contributed by atoms with Gasteiger partial charge in [0.2, 0.25) is 0 Å². The Labute approximate surface area is 160 Å². The molecule has 0 heterocycles. The molecule has 0 amide bonds. The van der Waals surface area contributed by atoms with E-state index in [1.807, 2.05) is 13.0 Å². The standard InChI is InChI=1S/C23H28O4/c1-12-13(2)20(18(27)11-24)23(4)10-17(26)21-16(19(12)23)6-5-14-9-15(25)7-8-22(14,21)3/h7-9,16-17,19-21,24,26H,1-2,5-6,10-11H2,3-4H3/t16-,17?,19-,20+,21+,22-,23-/m0/s1. The minimum atomic E-state index is -0.588. The monoisotopic (exact) mass is 368 g/mol. The number of Topliss-reactive ketones (excluding diaryl/α,β-unsaturated/α-hetero) is 1. The van der Waals surface area contributed by atoms with E-state index in [4.69, 9.17) is 0 Å². The van der Waals surface area contributed by atoms with Crippen LogP contribution < -0.4 is 0 Å². The molecule has 4 aliphatic rings. The van der Waals surface area contributed by atoms with Gasteiger partial charge >= 0.3 is 0 Å². The molecule has 0 saturated heterocycles. The smallest absolute Gasteiger partial charge is 0.178 e. The van der Waals surface area contributed by atoms with Gasteiger partial charge in [-0.05, 0) is 59.8 Å². The quantitative estimate of drug-likeness (QED) is 0.786. The third-order valence-corrected chi connectivity index (χ3v) is 7.98. The number of carbonyl (C=O) groups is 2. The molecule has 4 aliphatic carbocycles. The number of ketones is 2. The molecule has 0 radical (unpaired) electrons. The Morgan fingerprint density at radius 2 is 2.00 bits per heavy atom. The zero-order chi connectivity index (χ0) is 19.7. The van der Waals surface area contributed by atoms with Gasteiger partial charge in [-0.2, -0.15) is 0 Å². The second-order valence-electron chi connectivity index (χ2n) is 9.28. The van der Waals surface area contributed by atoms with Gasteiger partial charge in [-0.25, -0.2) is 0 Å². The lowest BCUT2D eigenvalue weighted by Gasteiger charge is -2.58. The highest BCUT2D eigenvalue weighted by Gasteiger charge is 2.64. The molecule has 1 unspecified atom stereocenters. The number of hydrogen-bond donors (Lipinski definition) is 2. The molecule has 27 heavy (non-hydrogen) atoms. The maximum absolute atomic E-state index is 12.5. The van der Waals surface area contributed by atoms with Gasteiger partial charge < -0.3 is 10.2 Å². The molecule has 4 nitrogen and oxygen atoms in total. The van der Waals surface area contributed by atoms with Crippen LogP contribution >= 0.6 is 0 Å². The van der Waals surface area contributed by atoms with Crippen LogP contribution in [0.4, 0.5) is 0 Å². The number of fused-ring (bicyclic) bond motifs is 5. The van der Waals surface area contributed by atoms with Crippen LogP contribution in [0.1, 0.15) is 33.1 Å².